The van der Waals surface area contributed by atoms with Crippen molar-refractivity contribution in [1.29, 1.82) is 0 Å². The van der Waals surface area contributed by atoms with Crippen LogP contribution >= 0.6 is 11.6 Å². The molecule has 0 atom stereocenters. The first-order valence-electron chi connectivity index (χ1n) is 9.32. The normalized spacial score (nSPS) is 11.0. The van der Waals surface area contributed by atoms with Gasteiger partial charge in [-0.25, -0.2) is 0 Å². The number of hydrogen-bond donors (Lipinski definition) is 3. The van der Waals surface area contributed by atoms with Crippen LogP contribution in [-0.4, -0.2) is 39.2 Å². The van der Waals surface area contributed by atoms with Crippen molar-refractivity contribution in [3.05, 3.63) is 47.0 Å². The Kier molecular flexibility index (Phi) is 8.61. The van der Waals surface area contributed by atoms with Crippen LogP contribution in [0.2, 0.25) is 5.02 Å². The summed E-state index contributed by atoms with van der Waals surface area (Å²) >= 11 is 6.08. The van der Waals surface area contributed by atoms with Crippen LogP contribution in [0.4, 0.5) is 11.4 Å². The Bertz CT molecular complexity index is 871. The third-order valence-corrected chi connectivity index (χ3v) is 4.55. The Morgan fingerprint density at radius 2 is 1.97 bits per heavy atom. The van der Waals surface area contributed by atoms with Gasteiger partial charge in [-0.15, -0.1) is 0 Å². The lowest BCUT2D eigenvalue weighted by atomic mass is 10.2. The summed E-state index contributed by atoms with van der Waals surface area (Å²) in [6.45, 7) is 4.76. The maximum absolute atomic E-state index is 12.2. The van der Waals surface area contributed by atoms with Gasteiger partial charge in [-0.1, -0.05) is 17.7 Å². The number of anilines is 2. The van der Waals surface area contributed by atoms with Gasteiger partial charge in [-0.05, 0) is 43.7 Å². The summed E-state index contributed by atoms with van der Waals surface area (Å²) in [6.07, 6.45) is 0.277. The molecule has 3 N–H and O–H groups in total. The lowest BCUT2D eigenvalue weighted by molar-refractivity contribution is -0.116. The number of nitrogens with one attached hydrogen (secondary N) is 3. The van der Waals surface area contributed by atoms with Gasteiger partial charge in [-0.2, -0.15) is 0 Å². The van der Waals surface area contributed by atoms with E-state index >= 15 is 0 Å². The quantitative estimate of drug-likeness (QED) is 0.444. The third kappa shape index (κ3) is 6.57. The summed E-state index contributed by atoms with van der Waals surface area (Å²) in [5.74, 6) is 1.74. The number of ether oxygens (including phenoxy) is 2. The molecule has 7 nitrogen and oxygen atoms in total. The first-order chi connectivity index (χ1) is 14.0. The minimum absolute atomic E-state index is 0.110. The molecule has 0 heterocycles. The highest BCUT2D eigenvalue weighted by Crippen LogP contribution is 2.30. The lowest BCUT2D eigenvalue weighted by Gasteiger charge is -2.15. The van der Waals surface area contributed by atoms with E-state index in [1.165, 1.54) is 0 Å². The predicted octanol–water partition coefficient (Wildman–Crippen LogP) is 4.07. The van der Waals surface area contributed by atoms with Crippen LogP contribution in [0.3, 0.4) is 0 Å². The standard InChI is InChI=1S/C21H27ClN4O3/c1-5-29-18-10-9-15(13-19(18)28-4)25-21(23-3)24-12-11-20(27)26-17-8-6-7-16(22)14(17)2/h6-10,13H,5,11-12H2,1-4H3,(H,26,27)(H2,23,24,25). The van der Waals surface area contributed by atoms with Gasteiger partial charge in [-0.3, -0.25) is 9.79 Å². The van der Waals surface area contributed by atoms with Crippen molar-refractivity contribution in [2.45, 2.75) is 20.3 Å². The minimum atomic E-state index is -0.110. The Morgan fingerprint density at radius 3 is 2.66 bits per heavy atom. The Hall–Kier alpha value is -2.93. The highest BCUT2D eigenvalue weighted by molar-refractivity contribution is 6.31. The van der Waals surface area contributed by atoms with Gasteiger partial charge >= 0.3 is 0 Å². The summed E-state index contributed by atoms with van der Waals surface area (Å²) in [5.41, 5.74) is 2.35. The molecule has 0 spiro atoms. The van der Waals surface area contributed by atoms with Crippen molar-refractivity contribution in [1.82, 2.24) is 5.32 Å². The molecule has 0 fully saturated rings. The number of nitrogens with zero attached hydrogens (tertiary/aromatic N) is 1. The number of halogens is 1. The fraction of sp³-hybridized carbons (Fsp3) is 0.333. The number of hydrogen-bond acceptors (Lipinski definition) is 4. The second-order valence-electron chi connectivity index (χ2n) is 6.13. The average molecular weight is 419 g/mol. The maximum Gasteiger partial charge on any atom is 0.226 e. The molecule has 156 valence electrons. The van der Waals surface area contributed by atoms with E-state index in [1.54, 1.807) is 26.3 Å². The van der Waals surface area contributed by atoms with Crippen LogP contribution in [0, 0.1) is 6.92 Å². The zero-order valence-electron chi connectivity index (χ0n) is 17.1. The Balaban J connectivity index is 1.87. The summed E-state index contributed by atoms with van der Waals surface area (Å²) in [6, 6.07) is 11.0. The number of carbonyl (C=O) groups is 1. The minimum Gasteiger partial charge on any atom is -0.493 e. The van der Waals surface area contributed by atoms with Gasteiger partial charge in [0.15, 0.2) is 17.5 Å². The molecule has 8 heteroatoms. The average Bonchev–Trinajstić information content (AvgIpc) is 2.71. The zero-order valence-corrected chi connectivity index (χ0v) is 17.9. The molecule has 2 aromatic carbocycles. The first-order valence-corrected chi connectivity index (χ1v) is 9.69. The van der Waals surface area contributed by atoms with E-state index in [1.807, 2.05) is 38.1 Å². The number of rotatable bonds is 8. The molecule has 0 saturated heterocycles. The number of amides is 1. The lowest BCUT2D eigenvalue weighted by Crippen LogP contribution is -2.33. The maximum atomic E-state index is 12.2. The largest absolute Gasteiger partial charge is 0.493 e. The summed E-state index contributed by atoms with van der Waals surface area (Å²) < 4.78 is 10.9. The van der Waals surface area contributed by atoms with Gasteiger partial charge < -0.3 is 25.4 Å². The molecule has 0 unspecified atom stereocenters. The summed E-state index contributed by atoms with van der Waals surface area (Å²) in [5, 5.41) is 9.78. The van der Waals surface area contributed by atoms with Crippen LogP contribution in [-0.2, 0) is 4.79 Å². The summed E-state index contributed by atoms with van der Waals surface area (Å²) in [4.78, 5) is 16.4. The SMILES string of the molecule is CCOc1ccc(NC(=NC)NCCC(=O)Nc2cccc(Cl)c2C)cc1OC. The van der Waals surface area contributed by atoms with Crippen molar-refractivity contribution < 1.29 is 14.3 Å². The molecule has 0 bridgehead atoms. The Labute approximate surface area is 176 Å². The van der Waals surface area contributed by atoms with E-state index in [0.29, 0.717) is 41.3 Å². The molecule has 2 aromatic rings. The number of methoxy groups -OCH3 is 1. The van der Waals surface area contributed by atoms with E-state index in [4.69, 9.17) is 21.1 Å². The van der Waals surface area contributed by atoms with Gasteiger partial charge in [0.05, 0.1) is 13.7 Å². The summed E-state index contributed by atoms with van der Waals surface area (Å²) in [7, 11) is 3.26. The highest BCUT2D eigenvalue weighted by Gasteiger charge is 2.09. The topological polar surface area (TPSA) is 84.0 Å². The molecule has 0 aliphatic heterocycles. The van der Waals surface area contributed by atoms with Crippen molar-refractivity contribution >= 4 is 34.8 Å². The number of carbonyl (C=O) groups excluding carboxylic acids is 1. The van der Waals surface area contributed by atoms with E-state index in [9.17, 15) is 4.79 Å². The third-order valence-electron chi connectivity index (χ3n) is 4.14. The smallest absolute Gasteiger partial charge is 0.226 e. The number of benzene rings is 2. The van der Waals surface area contributed by atoms with Crippen molar-refractivity contribution in [3.8, 4) is 11.5 Å². The first kappa shape index (κ1) is 22.4. The number of guanidine groups is 1. The molecular weight excluding hydrogens is 392 g/mol. The van der Waals surface area contributed by atoms with Crippen LogP contribution in [0.5, 0.6) is 11.5 Å². The van der Waals surface area contributed by atoms with Crippen LogP contribution < -0.4 is 25.4 Å². The van der Waals surface area contributed by atoms with Gasteiger partial charge in [0, 0.05) is 42.5 Å². The predicted molar refractivity (Wildman–Crippen MR) is 119 cm³/mol. The molecule has 0 saturated carbocycles. The molecular formula is C21H27ClN4O3. The van der Waals surface area contributed by atoms with E-state index < -0.39 is 0 Å². The second kappa shape index (κ2) is 11.2. The van der Waals surface area contributed by atoms with Gasteiger partial charge in [0.2, 0.25) is 5.91 Å². The van der Waals surface area contributed by atoms with Crippen LogP contribution in [0.1, 0.15) is 18.9 Å². The molecule has 1 amide bonds. The molecule has 0 aromatic heterocycles. The van der Waals surface area contributed by atoms with E-state index in [-0.39, 0.29) is 12.3 Å². The zero-order chi connectivity index (χ0) is 21.2. The molecule has 0 aliphatic rings. The van der Waals surface area contributed by atoms with Crippen molar-refractivity contribution in [2.24, 2.45) is 4.99 Å². The van der Waals surface area contributed by atoms with Gasteiger partial charge in [0.25, 0.3) is 0 Å². The van der Waals surface area contributed by atoms with E-state index in [2.05, 4.69) is 20.9 Å². The monoisotopic (exact) mass is 418 g/mol. The fourth-order valence-electron chi connectivity index (χ4n) is 2.59. The molecule has 0 radical (unpaired) electrons. The number of aliphatic imine (C=N–C) groups is 1. The fourth-order valence-corrected chi connectivity index (χ4v) is 2.76. The Morgan fingerprint density at radius 1 is 1.17 bits per heavy atom. The van der Waals surface area contributed by atoms with Crippen molar-refractivity contribution in [3.63, 3.8) is 0 Å². The van der Waals surface area contributed by atoms with E-state index in [0.717, 1.165) is 11.3 Å². The van der Waals surface area contributed by atoms with Crippen LogP contribution in [0.25, 0.3) is 0 Å². The van der Waals surface area contributed by atoms with Crippen LogP contribution in [0.15, 0.2) is 41.4 Å². The van der Waals surface area contributed by atoms with Gasteiger partial charge in [0.1, 0.15) is 0 Å². The molecule has 29 heavy (non-hydrogen) atoms. The second-order valence-corrected chi connectivity index (χ2v) is 6.54. The van der Waals surface area contributed by atoms with Crippen molar-refractivity contribution in [2.75, 3.05) is 37.9 Å². The molecule has 0 aliphatic carbocycles. The molecule has 2 rings (SSSR count). The highest BCUT2D eigenvalue weighted by atomic mass is 35.5.